The molecule has 2 fully saturated rings. The molecular formula is C20H18N2O4S2. The lowest BCUT2D eigenvalue weighted by Crippen LogP contribution is -2.39. The fraction of sp³-hybridized carbons (Fsp3) is 0.300. The molecule has 0 unspecified atom stereocenters. The highest BCUT2D eigenvalue weighted by atomic mass is 32.2. The van der Waals surface area contributed by atoms with Gasteiger partial charge in [-0.15, -0.1) is 0 Å². The summed E-state index contributed by atoms with van der Waals surface area (Å²) in [4.78, 5) is 25.9. The predicted octanol–water partition coefficient (Wildman–Crippen LogP) is 5.39. The second-order valence-corrected chi connectivity index (χ2v) is 8.50. The van der Waals surface area contributed by atoms with Gasteiger partial charge in [-0.05, 0) is 31.0 Å². The van der Waals surface area contributed by atoms with Crippen LogP contribution in [0.5, 0.6) is 0 Å². The fourth-order valence-corrected chi connectivity index (χ4v) is 5.06. The highest BCUT2D eigenvalue weighted by Gasteiger charge is 2.37. The zero-order valence-electron chi connectivity index (χ0n) is 15.0. The summed E-state index contributed by atoms with van der Waals surface area (Å²) in [6.45, 7) is 0. The van der Waals surface area contributed by atoms with Crippen molar-refractivity contribution in [2.45, 2.75) is 38.1 Å². The molecule has 1 saturated carbocycles. The number of nitro benzene ring substituents is 1. The van der Waals surface area contributed by atoms with Crippen molar-refractivity contribution in [3.8, 4) is 11.3 Å². The molecule has 1 aromatic heterocycles. The summed E-state index contributed by atoms with van der Waals surface area (Å²) in [6, 6.07) is 9.99. The lowest BCUT2D eigenvalue weighted by Gasteiger charge is -2.29. The third kappa shape index (κ3) is 3.62. The molecule has 144 valence electrons. The van der Waals surface area contributed by atoms with Gasteiger partial charge in [0.2, 0.25) is 0 Å². The zero-order valence-corrected chi connectivity index (χ0v) is 16.6. The van der Waals surface area contributed by atoms with E-state index >= 15 is 0 Å². The van der Waals surface area contributed by atoms with Gasteiger partial charge in [-0.1, -0.05) is 55.4 Å². The number of nitrogens with zero attached hydrogens (tertiary/aromatic N) is 2. The number of carbonyl (C=O) groups excluding carboxylic acids is 1. The Bertz CT molecular complexity index is 976. The number of rotatable bonds is 4. The van der Waals surface area contributed by atoms with E-state index in [0.29, 0.717) is 26.3 Å². The molecule has 8 heteroatoms. The smallest absolute Gasteiger partial charge is 0.280 e. The van der Waals surface area contributed by atoms with E-state index in [1.807, 2.05) is 0 Å². The Kier molecular flexibility index (Phi) is 5.32. The lowest BCUT2D eigenvalue weighted by molar-refractivity contribution is -0.384. The molecule has 1 amide bonds. The van der Waals surface area contributed by atoms with Crippen molar-refractivity contribution in [1.82, 2.24) is 4.90 Å². The summed E-state index contributed by atoms with van der Waals surface area (Å²) in [5, 5.41) is 11.2. The van der Waals surface area contributed by atoms with Crippen LogP contribution in [0.25, 0.3) is 17.4 Å². The van der Waals surface area contributed by atoms with Gasteiger partial charge in [-0.3, -0.25) is 19.8 Å². The van der Waals surface area contributed by atoms with Crippen LogP contribution in [-0.4, -0.2) is 26.1 Å². The van der Waals surface area contributed by atoms with Crippen LogP contribution in [-0.2, 0) is 4.79 Å². The third-order valence-corrected chi connectivity index (χ3v) is 6.36. The van der Waals surface area contributed by atoms with Crippen molar-refractivity contribution in [3.05, 3.63) is 57.2 Å². The molecule has 0 spiro atoms. The van der Waals surface area contributed by atoms with Gasteiger partial charge < -0.3 is 4.42 Å². The van der Waals surface area contributed by atoms with Crippen LogP contribution in [0.3, 0.4) is 0 Å². The molecule has 2 aliphatic rings. The summed E-state index contributed by atoms with van der Waals surface area (Å²) in [7, 11) is 0. The number of thioether (sulfide) groups is 1. The highest BCUT2D eigenvalue weighted by molar-refractivity contribution is 8.26. The maximum Gasteiger partial charge on any atom is 0.280 e. The molecule has 0 bridgehead atoms. The first kappa shape index (κ1) is 18.9. The monoisotopic (exact) mass is 414 g/mol. The van der Waals surface area contributed by atoms with Gasteiger partial charge in [0.15, 0.2) is 0 Å². The van der Waals surface area contributed by atoms with Crippen molar-refractivity contribution >= 4 is 46.0 Å². The Hall–Kier alpha value is -2.45. The molecule has 1 aliphatic heterocycles. The van der Waals surface area contributed by atoms with E-state index in [-0.39, 0.29) is 17.6 Å². The number of thiocarbonyl (C=S) groups is 1. The number of furan rings is 1. The topological polar surface area (TPSA) is 76.6 Å². The zero-order chi connectivity index (χ0) is 19.7. The molecule has 4 rings (SSSR count). The number of carbonyl (C=O) groups is 1. The largest absolute Gasteiger partial charge is 0.456 e. The van der Waals surface area contributed by atoms with Gasteiger partial charge in [-0.2, -0.15) is 0 Å². The minimum Gasteiger partial charge on any atom is -0.456 e. The first-order valence-corrected chi connectivity index (χ1v) is 10.4. The minimum atomic E-state index is -0.438. The Morgan fingerprint density at radius 2 is 1.93 bits per heavy atom. The van der Waals surface area contributed by atoms with Crippen molar-refractivity contribution in [3.63, 3.8) is 0 Å². The quantitative estimate of drug-likeness (QED) is 0.289. The summed E-state index contributed by atoms with van der Waals surface area (Å²) >= 11 is 6.72. The van der Waals surface area contributed by atoms with Crippen LogP contribution >= 0.6 is 24.0 Å². The van der Waals surface area contributed by atoms with E-state index in [1.54, 1.807) is 41.3 Å². The van der Waals surface area contributed by atoms with Crippen molar-refractivity contribution in [2.75, 3.05) is 0 Å². The highest BCUT2D eigenvalue weighted by Crippen LogP contribution is 2.38. The Morgan fingerprint density at radius 1 is 1.18 bits per heavy atom. The van der Waals surface area contributed by atoms with Crippen LogP contribution in [0, 0.1) is 10.1 Å². The number of hydrogen-bond acceptors (Lipinski definition) is 6. The van der Waals surface area contributed by atoms with E-state index < -0.39 is 4.92 Å². The van der Waals surface area contributed by atoms with Gasteiger partial charge in [0.1, 0.15) is 15.8 Å². The molecule has 0 radical (unpaired) electrons. The molecule has 2 aromatic rings. The molecule has 0 atom stereocenters. The van der Waals surface area contributed by atoms with E-state index in [4.69, 9.17) is 16.6 Å². The van der Waals surface area contributed by atoms with Crippen molar-refractivity contribution < 1.29 is 14.1 Å². The van der Waals surface area contributed by atoms with Gasteiger partial charge in [0.25, 0.3) is 11.6 Å². The van der Waals surface area contributed by atoms with E-state index in [2.05, 4.69) is 0 Å². The Labute approximate surface area is 171 Å². The third-order valence-electron chi connectivity index (χ3n) is 5.03. The first-order chi connectivity index (χ1) is 13.5. The maximum atomic E-state index is 12.9. The van der Waals surface area contributed by atoms with Gasteiger partial charge >= 0.3 is 0 Å². The second kappa shape index (κ2) is 7.89. The average Bonchev–Trinajstić information content (AvgIpc) is 3.27. The van der Waals surface area contributed by atoms with Crippen LogP contribution in [0.2, 0.25) is 0 Å². The summed E-state index contributed by atoms with van der Waals surface area (Å²) in [5.41, 5.74) is 0.383. The van der Waals surface area contributed by atoms with Crippen LogP contribution in [0.15, 0.2) is 45.7 Å². The van der Waals surface area contributed by atoms with Gasteiger partial charge in [0.05, 0.1) is 15.4 Å². The number of nitro groups is 1. The normalized spacial score (nSPS) is 19.6. The molecule has 0 N–H and O–H groups in total. The summed E-state index contributed by atoms with van der Waals surface area (Å²) in [6.07, 6.45) is 7.10. The average molecular weight is 415 g/mol. The molecular weight excluding hydrogens is 396 g/mol. The number of amides is 1. The second-order valence-electron chi connectivity index (χ2n) is 6.82. The Morgan fingerprint density at radius 3 is 2.68 bits per heavy atom. The van der Waals surface area contributed by atoms with E-state index in [0.717, 1.165) is 25.7 Å². The van der Waals surface area contributed by atoms with Gasteiger partial charge in [0, 0.05) is 18.2 Å². The van der Waals surface area contributed by atoms with Crippen molar-refractivity contribution in [2.24, 2.45) is 0 Å². The first-order valence-electron chi connectivity index (χ1n) is 9.15. The minimum absolute atomic E-state index is 0.0213. The summed E-state index contributed by atoms with van der Waals surface area (Å²) < 4.78 is 6.37. The number of hydrogen-bond donors (Lipinski definition) is 0. The Balaban J connectivity index is 1.58. The van der Waals surface area contributed by atoms with Crippen LogP contribution in [0.4, 0.5) is 5.69 Å². The van der Waals surface area contributed by atoms with Gasteiger partial charge in [-0.25, -0.2) is 0 Å². The van der Waals surface area contributed by atoms with Crippen molar-refractivity contribution in [1.29, 1.82) is 0 Å². The van der Waals surface area contributed by atoms with Crippen LogP contribution in [0.1, 0.15) is 37.9 Å². The molecule has 28 heavy (non-hydrogen) atoms. The molecule has 1 aromatic carbocycles. The van der Waals surface area contributed by atoms with E-state index in [1.165, 1.54) is 24.2 Å². The lowest BCUT2D eigenvalue weighted by atomic mass is 9.94. The molecule has 1 aliphatic carbocycles. The van der Waals surface area contributed by atoms with E-state index in [9.17, 15) is 14.9 Å². The van der Waals surface area contributed by atoms with Crippen LogP contribution < -0.4 is 0 Å². The number of para-hydroxylation sites is 1. The number of benzene rings is 1. The predicted molar refractivity (Wildman–Crippen MR) is 113 cm³/mol. The molecule has 2 heterocycles. The fourth-order valence-electron chi connectivity index (χ4n) is 3.68. The SMILES string of the molecule is O=C1/C(=C/c2ccc(-c3ccccc3[N+](=O)[O-])o2)SC(=S)N1C1CCCCC1. The molecule has 1 saturated heterocycles. The summed E-state index contributed by atoms with van der Waals surface area (Å²) in [5.74, 6) is 0.782. The standard InChI is InChI=1S/C20H18N2O4S2/c23-19-18(28-20(27)21(19)13-6-2-1-3-7-13)12-14-10-11-17(26-14)15-8-4-5-9-16(15)22(24)25/h4-5,8-13H,1-3,6-7H2/b18-12-. The maximum absolute atomic E-state index is 12.9. The molecule has 6 nitrogen and oxygen atoms in total.